The van der Waals surface area contributed by atoms with Gasteiger partial charge in [0.2, 0.25) is 0 Å². The van der Waals surface area contributed by atoms with Crippen LogP contribution in [0.15, 0.2) is 0 Å². The average Bonchev–Trinajstić information content (AvgIpc) is 2.61. The topological polar surface area (TPSA) is 126 Å². The van der Waals surface area contributed by atoms with E-state index in [4.69, 9.17) is 27.7 Å². The molecule has 8 nitrogen and oxygen atoms in total. The van der Waals surface area contributed by atoms with Crippen molar-refractivity contribution in [3.05, 3.63) is 0 Å². The molecule has 29 heavy (non-hydrogen) atoms. The van der Waals surface area contributed by atoms with Gasteiger partial charge in [-0.25, -0.2) is 18.2 Å². The highest BCUT2D eigenvalue weighted by atomic mass is 35.5. The number of rotatable bonds is 9. The lowest BCUT2D eigenvalue weighted by molar-refractivity contribution is -0.425. The zero-order chi connectivity index (χ0) is 21.9. The second kappa shape index (κ2) is 14.1. The predicted molar refractivity (Wildman–Crippen MR) is 119 cm³/mol. The maximum absolute atomic E-state index is 13.0. The van der Waals surface area contributed by atoms with Crippen LogP contribution in [-0.2, 0) is 19.2 Å². The third-order valence-electron chi connectivity index (χ3n) is 4.61. The standard InChI is InChI=1S/C10H21Cl2N2O5PS2.C6H13N/c1-9-8-10(21-6-7-22(16,17)18)13-20(15,19-9)14(4-2-11)5-3-12;7-6-4-2-1-3-5-6/h9-10H,2-8H2,1H3,(H,13,15)(H,16,17,18);6H,1-5,7H2. The van der Waals surface area contributed by atoms with Crippen molar-refractivity contribution >= 4 is 52.8 Å². The first-order valence-corrected chi connectivity index (χ1v) is 15.2. The van der Waals surface area contributed by atoms with Crippen molar-refractivity contribution in [2.75, 3.05) is 36.4 Å². The van der Waals surface area contributed by atoms with Gasteiger partial charge in [0.05, 0.1) is 27.6 Å². The van der Waals surface area contributed by atoms with Crippen LogP contribution >= 0.6 is 42.6 Å². The highest BCUT2D eigenvalue weighted by Gasteiger charge is 2.40. The van der Waals surface area contributed by atoms with E-state index in [9.17, 15) is 17.5 Å². The molecule has 0 aromatic rings. The molecular weight excluding hydrogens is 480 g/mol. The molecule has 2 aliphatic rings. The summed E-state index contributed by atoms with van der Waals surface area (Å²) in [7, 11) is -7.53. The molecule has 13 heteroatoms. The van der Waals surface area contributed by atoms with Gasteiger partial charge in [0.15, 0.2) is 0 Å². The molecule has 0 aromatic heterocycles. The maximum Gasteiger partial charge on any atom is 0.344 e. The van der Waals surface area contributed by atoms with Gasteiger partial charge in [-0.2, -0.15) is 0 Å². The molecule has 1 aliphatic carbocycles. The number of quaternary nitrogens is 1. The molecule has 174 valence electrons. The van der Waals surface area contributed by atoms with Crippen molar-refractivity contribution in [1.82, 2.24) is 9.76 Å². The Morgan fingerprint density at radius 2 is 1.83 bits per heavy atom. The maximum atomic E-state index is 13.0. The summed E-state index contributed by atoms with van der Waals surface area (Å²) in [6.45, 7) is 2.51. The molecule has 0 amide bonds. The summed E-state index contributed by atoms with van der Waals surface area (Å²) < 4.78 is 52.0. The van der Waals surface area contributed by atoms with Crippen LogP contribution < -0.4 is 10.8 Å². The Morgan fingerprint density at radius 3 is 2.28 bits per heavy atom. The minimum atomic E-state index is -4.25. The molecule has 0 aromatic carbocycles. The Balaban J connectivity index is 0.000000502. The monoisotopic (exact) mass is 513 g/mol. The average molecular weight is 514 g/mol. The van der Waals surface area contributed by atoms with Crippen LogP contribution in [0.4, 0.5) is 0 Å². The van der Waals surface area contributed by atoms with Gasteiger partial charge >= 0.3 is 7.67 Å². The Kier molecular flexibility index (Phi) is 13.6. The van der Waals surface area contributed by atoms with E-state index in [1.807, 2.05) is 0 Å². The molecule has 4 N–H and O–H groups in total. The fourth-order valence-corrected chi connectivity index (χ4v) is 8.52. The number of hydrogen-bond acceptors (Lipinski definition) is 6. The first-order valence-electron chi connectivity index (χ1n) is 9.91. The zero-order valence-corrected chi connectivity index (χ0v) is 21.0. The normalized spacial score (nSPS) is 28.8. The van der Waals surface area contributed by atoms with Gasteiger partial charge in [0.25, 0.3) is 0 Å². The number of nitrogens with one attached hydrogen (secondary N) is 1. The molecule has 2 fully saturated rings. The van der Waals surface area contributed by atoms with Gasteiger partial charge < -0.3 is 14.8 Å². The van der Waals surface area contributed by atoms with E-state index in [1.165, 1.54) is 43.9 Å². The molecule has 1 saturated heterocycles. The molecular formula is C16H34Cl2N3O5PS2. The van der Waals surface area contributed by atoms with Crippen LogP contribution in [0.25, 0.3) is 0 Å². The summed E-state index contributed by atoms with van der Waals surface area (Å²) in [6, 6.07) is 0.786. The summed E-state index contributed by atoms with van der Waals surface area (Å²) in [6.07, 6.45) is 7.35. The van der Waals surface area contributed by atoms with Crippen molar-refractivity contribution in [3.63, 3.8) is 0 Å². The first kappa shape index (κ1) is 27.9. The summed E-state index contributed by atoms with van der Waals surface area (Å²) in [5, 5.41) is 2.66. The van der Waals surface area contributed by atoms with Crippen molar-refractivity contribution in [2.24, 2.45) is 0 Å². The number of hydrogen-bond donors (Lipinski definition) is 2. The van der Waals surface area contributed by atoms with Crippen molar-refractivity contribution in [3.8, 4) is 0 Å². The lowest BCUT2D eigenvalue weighted by Crippen LogP contribution is -2.61. The van der Waals surface area contributed by atoms with Crippen molar-refractivity contribution < 1.29 is 27.8 Å². The van der Waals surface area contributed by atoms with Crippen LogP contribution in [0.1, 0.15) is 45.4 Å². The van der Waals surface area contributed by atoms with Crippen LogP contribution in [0, 0.1) is 0 Å². The zero-order valence-electron chi connectivity index (χ0n) is 16.9. The molecule has 3 unspecified atom stereocenters. The molecule has 1 saturated carbocycles. The first-order chi connectivity index (χ1) is 13.6. The molecule has 1 heterocycles. The molecule has 1 aliphatic heterocycles. The summed E-state index contributed by atoms with van der Waals surface area (Å²) in [5.74, 6) is 0.253. The lowest BCUT2D eigenvalue weighted by atomic mass is 9.97. The molecule has 0 radical (unpaired) electrons. The second-order valence-corrected chi connectivity index (χ2v) is 12.9. The van der Waals surface area contributed by atoms with Crippen LogP contribution in [0.5, 0.6) is 0 Å². The van der Waals surface area contributed by atoms with E-state index >= 15 is 0 Å². The Labute approximate surface area is 189 Å². The Bertz CT molecular complexity index is 605. The molecule has 0 bridgehead atoms. The third-order valence-corrected chi connectivity index (χ3v) is 9.67. The van der Waals surface area contributed by atoms with E-state index < -0.39 is 23.5 Å². The van der Waals surface area contributed by atoms with E-state index in [2.05, 4.69) is 10.8 Å². The van der Waals surface area contributed by atoms with Gasteiger partial charge in [0.1, 0.15) is 0 Å². The summed E-state index contributed by atoms with van der Waals surface area (Å²) in [4.78, 5) is 0. The number of alkyl halides is 2. The molecule has 0 spiro atoms. The van der Waals surface area contributed by atoms with Crippen molar-refractivity contribution in [1.29, 1.82) is 0 Å². The SMILES string of the molecule is CC1CC(SCCS(=O)(=O)[O-])NP(=O)(N(CCCl)CCCl)O1.[NH3+]C1CCCCC1. The largest absolute Gasteiger partial charge is 0.748 e. The molecule has 3 atom stereocenters. The predicted octanol–water partition coefficient (Wildman–Crippen LogP) is 2.44. The summed E-state index contributed by atoms with van der Waals surface area (Å²) >= 11 is 12.7. The minimum Gasteiger partial charge on any atom is -0.748 e. The van der Waals surface area contributed by atoms with E-state index in [0.717, 1.165) is 6.04 Å². The smallest absolute Gasteiger partial charge is 0.344 e. The van der Waals surface area contributed by atoms with E-state index in [-0.39, 0.29) is 29.0 Å². The second-order valence-electron chi connectivity index (χ2n) is 7.26. The number of nitrogens with zero attached hydrogens (tertiary/aromatic N) is 1. The van der Waals surface area contributed by atoms with E-state index in [1.54, 1.807) is 11.6 Å². The van der Waals surface area contributed by atoms with Crippen LogP contribution in [0.3, 0.4) is 0 Å². The minimum absolute atomic E-state index is 0.140. The van der Waals surface area contributed by atoms with Gasteiger partial charge in [-0.1, -0.05) is 6.42 Å². The van der Waals surface area contributed by atoms with Crippen molar-refractivity contribution in [2.45, 2.75) is 63.0 Å². The van der Waals surface area contributed by atoms with Crippen LogP contribution in [-0.4, -0.2) is 71.5 Å². The fraction of sp³-hybridized carbons (Fsp3) is 1.00. The lowest BCUT2D eigenvalue weighted by Gasteiger charge is -2.39. The number of thioether (sulfide) groups is 1. The highest BCUT2D eigenvalue weighted by molar-refractivity contribution is 8.01. The van der Waals surface area contributed by atoms with Gasteiger partial charge in [0, 0.05) is 36.4 Å². The van der Waals surface area contributed by atoms with Crippen LogP contribution in [0.2, 0.25) is 0 Å². The fourth-order valence-electron chi connectivity index (χ4n) is 3.16. The summed E-state index contributed by atoms with van der Waals surface area (Å²) in [5.41, 5.74) is 4.00. The number of halogens is 2. The van der Waals surface area contributed by atoms with Gasteiger partial charge in [-0.05, 0) is 39.0 Å². The van der Waals surface area contributed by atoms with Gasteiger partial charge in [-0.15, -0.1) is 35.0 Å². The highest BCUT2D eigenvalue weighted by Crippen LogP contribution is 2.52. The van der Waals surface area contributed by atoms with E-state index in [0.29, 0.717) is 19.5 Å². The Hall–Kier alpha value is 0.910. The quantitative estimate of drug-likeness (QED) is 0.273. The Morgan fingerprint density at radius 1 is 1.24 bits per heavy atom. The third kappa shape index (κ3) is 11.9. The molecule has 2 rings (SSSR count). The van der Waals surface area contributed by atoms with Gasteiger partial charge in [-0.3, -0.25) is 4.57 Å².